The van der Waals surface area contributed by atoms with Crippen LogP contribution in [-0.2, 0) is 10.2 Å². The highest BCUT2D eigenvalue weighted by Crippen LogP contribution is 2.48. The number of nitrogens with one attached hydrogen (secondary N) is 3. The number of benzene rings is 1. The molecule has 1 amide bonds. The van der Waals surface area contributed by atoms with Gasteiger partial charge in [-0.15, -0.1) is 24.0 Å². The Bertz CT molecular complexity index is 575. The summed E-state index contributed by atoms with van der Waals surface area (Å²) in [5.41, 5.74) is 0.597. The quantitative estimate of drug-likeness (QED) is 0.341. The van der Waals surface area contributed by atoms with Gasteiger partial charge < -0.3 is 16.0 Å². The van der Waals surface area contributed by atoms with Crippen molar-refractivity contribution in [2.75, 3.05) is 26.2 Å². The van der Waals surface area contributed by atoms with E-state index in [2.05, 4.69) is 20.9 Å². The summed E-state index contributed by atoms with van der Waals surface area (Å²) in [6.07, 6.45) is 1.91. The fraction of sp³-hybridized carbons (Fsp3) is 0.529. The van der Waals surface area contributed by atoms with Crippen LogP contribution in [0.5, 0.6) is 0 Å². The molecule has 0 radical (unpaired) electrons. The summed E-state index contributed by atoms with van der Waals surface area (Å²) in [4.78, 5) is 15.8. The Morgan fingerprint density at radius 2 is 1.83 bits per heavy atom. The number of carbonyl (C=O) groups is 1. The minimum atomic E-state index is -0.160. The molecule has 0 heterocycles. The van der Waals surface area contributed by atoms with Crippen LogP contribution in [0, 0.1) is 5.82 Å². The Kier molecular flexibility index (Phi) is 8.44. The lowest BCUT2D eigenvalue weighted by Crippen LogP contribution is -2.42. The number of halogens is 2. The van der Waals surface area contributed by atoms with Gasteiger partial charge >= 0.3 is 0 Å². The van der Waals surface area contributed by atoms with E-state index in [0.717, 1.165) is 18.4 Å². The zero-order valence-corrected chi connectivity index (χ0v) is 16.5. The van der Waals surface area contributed by atoms with Crippen LogP contribution in [0.2, 0.25) is 0 Å². The number of carbonyl (C=O) groups excluding carboxylic acids is 1. The molecule has 1 aliphatic rings. The van der Waals surface area contributed by atoms with Gasteiger partial charge in [0.05, 0.1) is 0 Å². The predicted octanol–water partition coefficient (Wildman–Crippen LogP) is 2.17. The highest BCUT2D eigenvalue weighted by atomic mass is 127. The fourth-order valence-electron chi connectivity index (χ4n) is 2.58. The van der Waals surface area contributed by atoms with E-state index in [1.54, 1.807) is 6.07 Å². The van der Waals surface area contributed by atoms with Gasteiger partial charge in [-0.05, 0) is 38.3 Å². The number of amides is 1. The molecule has 0 spiro atoms. The molecule has 1 aromatic carbocycles. The van der Waals surface area contributed by atoms with Crippen LogP contribution in [0.4, 0.5) is 4.39 Å². The average Bonchev–Trinajstić information content (AvgIpc) is 3.32. The van der Waals surface area contributed by atoms with Gasteiger partial charge in [-0.25, -0.2) is 9.38 Å². The minimum Gasteiger partial charge on any atom is -0.357 e. The Balaban J connectivity index is 0.00000288. The van der Waals surface area contributed by atoms with E-state index in [4.69, 9.17) is 0 Å². The lowest BCUT2D eigenvalue weighted by Gasteiger charge is -2.19. The number of likely N-dealkylation sites (N-methyl/N-ethyl adjacent to an activating group) is 1. The molecular formula is C17H26FIN4O. The molecule has 7 heteroatoms. The average molecular weight is 448 g/mol. The molecule has 134 valence electrons. The first-order valence-electron chi connectivity index (χ1n) is 8.15. The van der Waals surface area contributed by atoms with E-state index >= 15 is 0 Å². The molecule has 0 saturated heterocycles. The smallest absolute Gasteiger partial charge is 0.241 e. The fourth-order valence-corrected chi connectivity index (χ4v) is 2.58. The van der Waals surface area contributed by atoms with Crippen molar-refractivity contribution in [2.45, 2.75) is 32.1 Å². The maximum Gasteiger partial charge on any atom is 0.241 e. The summed E-state index contributed by atoms with van der Waals surface area (Å²) in [6.45, 7) is 5.82. The van der Waals surface area contributed by atoms with Crippen molar-refractivity contribution in [2.24, 2.45) is 4.99 Å². The molecule has 0 atom stereocenters. The van der Waals surface area contributed by atoms with Crippen LogP contribution in [0.25, 0.3) is 0 Å². The van der Waals surface area contributed by atoms with Crippen LogP contribution in [0.3, 0.4) is 0 Å². The third-order valence-corrected chi connectivity index (χ3v) is 3.99. The maximum absolute atomic E-state index is 14.0. The van der Waals surface area contributed by atoms with Gasteiger partial charge in [-0.1, -0.05) is 18.2 Å². The number of hydrogen-bond acceptors (Lipinski definition) is 2. The molecule has 0 unspecified atom stereocenters. The third kappa shape index (κ3) is 5.61. The van der Waals surface area contributed by atoms with E-state index in [-0.39, 0.29) is 47.7 Å². The lowest BCUT2D eigenvalue weighted by atomic mass is 9.95. The number of nitrogens with zero attached hydrogens (tertiary/aromatic N) is 1. The molecule has 0 aromatic heterocycles. The maximum atomic E-state index is 14.0. The lowest BCUT2D eigenvalue weighted by molar-refractivity contribution is -0.119. The topological polar surface area (TPSA) is 65.5 Å². The summed E-state index contributed by atoms with van der Waals surface area (Å²) in [6, 6.07) is 6.93. The molecule has 1 aliphatic carbocycles. The normalized spacial score (nSPS) is 15.2. The Morgan fingerprint density at radius 3 is 2.42 bits per heavy atom. The Labute approximate surface area is 159 Å². The van der Waals surface area contributed by atoms with Crippen LogP contribution < -0.4 is 16.0 Å². The standard InChI is InChI=1S/C17H25FN4O.HI/c1-3-19-15(23)11-21-16(20-4-2)22-12-17(9-10-17)13-7-5-6-8-14(13)18;/h5-8H,3-4,9-12H2,1-2H3,(H,19,23)(H2,20,21,22);1H. The molecule has 0 bridgehead atoms. The second-order valence-corrected chi connectivity index (χ2v) is 5.76. The molecule has 1 fully saturated rings. The van der Waals surface area contributed by atoms with Crippen LogP contribution in [0.15, 0.2) is 29.3 Å². The van der Waals surface area contributed by atoms with Crippen LogP contribution in [-0.4, -0.2) is 38.0 Å². The molecule has 3 N–H and O–H groups in total. The van der Waals surface area contributed by atoms with Gasteiger partial charge in [-0.2, -0.15) is 0 Å². The van der Waals surface area contributed by atoms with E-state index in [0.29, 0.717) is 25.6 Å². The highest BCUT2D eigenvalue weighted by Gasteiger charge is 2.45. The van der Waals surface area contributed by atoms with E-state index in [9.17, 15) is 9.18 Å². The molecule has 0 aliphatic heterocycles. The summed E-state index contributed by atoms with van der Waals surface area (Å²) in [5, 5.41) is 9.06. The second-order valence-electron chi connectivity index (χ2n) is 5.76. The van der Waals surface area contributed by atoms with Crippen LogP contribution in [0.1, 0.15) is 32.3 Å². The zero-order valence-electron chi connectivity index (χ0n) is 14.2. The van der Waals surface area contributed by atoms with Crippen molar-refractivity contribution in [3.05, 3.63) is 35.6 Å². The van der Waals surface area contributed by atoms with Gasteiger partial charge in [-0.3, -0.25) is 4.79 Å². The third-order valence-electron chi connectivity index (χ3n) is 3.99. The second kappa shape index (κ2) is 9.80. The van der Waals surface area contributed by atoms with Crippen LogP contribution >= 0.6 is 24.0 Å². The minimum absolute atomic E-state index is 0. The summed E-state index contributed by atoms with van der Waals surface area (Å²) >= 11 is 0. The SMILES string of the molecule is CCNC(=O)CN=C(NCC)NCC1(c2ccccc2F)CC1.I. The summed E-state index contributed by atoms with van der Waals surface area (Å²) in [7, 11) is 0. The van der Waals surface area contributed by atoms with Crippen molar-refractivity contribution in [1.82, 2.24) is 16.0 Å². The largest absolute Gasteiger partial charge is 0.357 e. The molecule has 1 saturated carbocycles. The summed E-state index contributed by atoms with van der Waals surface area (Å²) < 4.78 is 14.0. The number of hydrogen-bond donors (Lipinski definition) is 3. The zero-order chi connectivity index (χ0) is 16.7. The monoisotopic (exact) mass is 448 g/mol. The number of rotatable bonds is 7. The molecule has 1 aromatic rings. The first-order valence-corrected chi connectivity index (χ1v) is 8.15. The highest BCUT2D eigenvalue weighted by molar-refractivity contribution is 14.0. The van der Waals surface area contributed by atoms with E-state index in [1.165, 1.54) is 6.07 Å². The first-order chi connectivity index (χ1) is 11.1. The van der Waals surface area contributed by atoms with Gasteiger partial charge in [0.15, 0.2) is 5.96 Å². The van der Waals surface area contributed by atoms with Gasteiger partial charge in [0.2, 0.25) is 5.91 Å². The first kappa shape index (κ1) is 20.7. The van der Waals surface area contributed by atoms with E-state index in [1.807, 2.05) is 26.0 Å². The van der Waals surface area contributed by atoms with Gasteiger partial charge in [0.25, 0.3) is 0 Å². The number of aliphatic imine (C=N–C) groups is 1. The molecule has 5 nitrogen and oxygen atoms in total. The van der Waals surface area contributed by atoms with Crippen molar-refractivity contribution >= 4 is 35.8 Å². The van der Waals surface area contributed by atoms with Crippen molar-refractivity contribution < 1.29 is 9.18 Å². The molecule has 2 rings (SSSR count). The number of guanidine groups is 1. The Morgan fingerprint density at radius 1 is 1.17 bits per heavy atom. The predicted molar refractivity (Wildman–Crippen MR) is 105 cm³/mol. The van der Waals surface area contributed by atoms with Gasteiger partial charge in [0.1, 0.15) is 12.4 Å². The summed E-state index contributed by atoms with van der Waals surface area (Å²) in [5.74, 6) is 0.317. The van der Waals surface area contributed by atoms with Crippen molar-refractivity contribution in [3.63, 3.8) is 0 Å². The molecular weight excluding hydrogens is 422 g/mol. The van der Waals surface area contributed by atoms with E-state index < -0.39 is 0 Å². The molecule has 24 heavy (non-hydrogen) atoms. The van der Waals surface area contributed by atoms with Crippen molar-refractivity contribution in [3.8, 4) is 0 Å². The Hall–Kier alpha value is -1.38. The van der Waals surface area contributed by atoms with Gasteiger partial charge in [0, 0.05) is 25.0 Å². The van der Waals surface area contributed by atoms with Crippen molar-refractivity contribution in [1.29, 1.82) is 0 Å².